The third kappa shape index (κ3) is 6.98. The summed E-state index contributed by atoms with van der Waals surface area (Å²) < 4.78 is 26.0. The summed E-state index contributed by atoms with van der Waals surface area (Å²) in [5, 5.41) is 20.7. The van der Waals surface area contributed by atoms with E-state index in [2.05, 4.69) is 11.8 Å². The second kappa shape index (κ2) is 11.9. The lowest BCUT2D eigenvalue weighted by molar-refractivity contribution is -0.384. The predicted octanol–water partition coefficient (Wildman–Crippen LogP) is 0.174. The number of ether oxygens (including phenoxy) is 5. The molecule has 1 N–H and O–H groups in total. The number of esters is 4. The van der Waals surface area contributed by atoms with Crippen molar-refractivity contribution < 1.29 is 52.9 Å². The lowest BCUT2D eigenvalue weighted by Crippen LogP contribution is -2.63. The van der Waals surface area contributed by atoms with Crippen LogP contribution in [0.25, 0.3) is 0 Å². The maximum atomic E-state index is 12.4. The number of aliphatic hydroxyl groups excluding tert-OH is 1. The zero-order valence-corrected chi connectivity index (χ0v) is 19.2. The molecule has 0 radical (unpaired) electrons. The Labute approximate surface area is 199 Å². The minimum atomic E-state index is -1.62. The first-order valence-electron chi connectivity index (χ1n) is 10.1. The van der Waals surface area contributed by atoms with Crippen molar-refractivity contribution in [1.82, 2.24) is 0 Å². The van der Waals surface area contributed by atoms with E-state index in [9.17, 15) is 34.4 Å². The highest BCUT2D eigenvalue weighted by Gasteiger charge is 2.54. The first kappa shape index (κ1) is 27.2. The van der Waals surface area contributed by atoms with Crippen LogP contribution in [0.3, 0.4) is 0 Å². The fraction of sp³-hybridized carbons (Fsp3) is 0.455. The summed E-state index contributed by atoms with van der Waals surface area (Å²) in [5.41, 5.74) is 0.0159. The van der Waals surface area contributed by atoms with Crippen LogP contribution in [0, 0.1) is 22.0 Å². The summed E-state index contributed by atoms with van der Waals surface area (Å²) in [6, 6.07) is 3.61. The van der Waals surface area contributed by atoms with Gasteiger partial charge in [-0.2, -0.15) is 0 Å². The van der Waals surface area contributed by atoms with Gasteiger partial charge in [-0.15, -0.1) is 0 Å². The van der Waals surface area contributed by atoms with E-state index < -0.39 is 65.9 Å². The van der Waals surface area contributed by atoms with Crippen molar-refractivity contribution in [2.75, 3.05) is 7.11 Å². The summed E-state index contributed by atoms with van der Waals surface area (Å²) in [6.45, 7) is 2.67. The van der Waals surface area contributed by atoms with Crippen LogP contribution >= 0.6 is 0 Å². The highest BCUT2D eigenvalue weighted by Crippen LogP contribution is 2.29. The number of hydrogen-bond donors (Lipinski definition) is 1. The Morgan fingerprint density at radius 3 is 2.11 bits per heavy atom. The van der Waals surface area contributed by atoms with Gasteiger partial charge in [-0.25, -0.2) is 4.79 Å². The van der Waals surface area contributed by atoms with Gasteiger partial charge in [-0.1, -0.05) is 11.8 Å². The minimum Gasteiger partial charge on any atom is -0.467 e. The van der Waals surface area contributed by atoms with Gasteiger partial charge in [0.15, 0.2) is 30.5 Å². The second-order valence-electron chi connectivity index (χ2n) is 7.25. The van der Waals surface area contributed by atoms with Gasteiger partial charge >= 0.3 is 23.9 Å². The smallest absolute Gasteiger partial charge is 0.339 e. The molecular weight excluding hydrogens is 470 g/mol. The highest BCUT2D eigenvalue weighted by molar-refractivity contribution is 5.77. The maximum Gasteiger partial charge on any atom is 0.339 e. The normalized spacial score (nSPS) is 23.2. The van der Waals surface area contributed by atoms with Gasteiger partial charge in [0.2, 0.25) is 0 Å². The maximum absolute atomic E-state index is 12.4. The molecule has 188 valence electrons. The molecule has 13 nitrogen and oxygen atoms in total. The van der Waals surface area contributed by atoms with E-state index in [-0.39, 0.29) is 16.8 Å². The number of nitro groups is 1. The molecule has 1 aliphatic rings. The zero-order chi connectivity index (χ0) is 26.3. The largest absolute Gasteiger partial charge is 0.467 e. The van der Waals surface area contributed by atoms with Crippen molar-refractivity contribution in [2.45, 2.75) is 57.9 Å². The van der Waals surface area contributed by atoms with Gasteiger partial charge in [-0.05, 0) is 11.6 Å². The van der Waals surface area contributed by atoms with Crippen molar-refractivity contribution in [3.63, 3.8) is 0 Å². The average Bonchev–Trinajstić information content (AvgIpc) is 2.78. The number of carbonyl (C=O) groups is 4. The number of nitrogens with zero attached hydrogens (tertiary/aromatic N) is 1. The van der Waals surface area contributed by atoms with Crippen LogP contribution in [0.5, 0.6) is 0 Å². The molecule has 0 unspecified atom stereocenters. The van der Waals surface area contributed by atoms with Crippen LogP contribution in [0.4, 0.5) is 5.69 Å². The molecule has 0 saturated carbocycles. The Morgan fingerprint density at radius 1 is 1.03 bits per heavy atom. The number of rotatable bonds is 6. The van der Waals surface area contributed by atoms with Crippen molar-refractivity contribution in [2.24, 2.45) is 0 Å². The molecule has 1 saturated heterocycles. The van der Waals surface area contributed by atoms with Crippen molar-refractivity contribution in [3.05, 3.63) is 39.4 Å². The van der Waals surface area contributed by atoms with E-state index in [1.54, 1.807) is 0 Å². The lowest BCUT2D eigenvalue weighted by atomic mass is 9.93. The van der Waals surface area contributed by atoms with Crippen LogP contribution in [0.15, 0.2) is 18.2 Å². The molecule has 35 heavy (non-hydrogen) atoms. The number of hydrogen-bond acceptors (Lipinski definition) is 12. The third-order valence-corrected chi connectivity index (χ3v) is 4.70. The monoisotopic (exact) mass is 493 g/mol. The van der Waals surface area contributed by atoms with Gasteiger partial charge in [0.1, 0.15) is 0 Å². The Balaban J connectivity index is 2.62. The molecule has 0 spiro atoms. The summed E-state index contributed by atoms with van der Waals surface area (Å²) in [5.74, 6) is 1.69. The van der Waals surface area contributed by atoms with Crippen LogP contribution in [0.2, 0.25) is 0 Å². The molecular formula is C22H23NO12. The molecule has 5 atom stereocenters. The van der Waals surface area contributed by atoms with Gasteiger partial charge in [0.25, 0.3) is 5.69 Å². The Bertz CT molecular complexity index is 1070. The second-order valence-corrected chi connectivity index (χ2v) is 7.25. The van der Waals surface area contributed by atoms with Crippen LogP contribution in [-0.4, -0.2) is 71.5 Å². The van der Waals surface area contributed by atoms with Crippen molar-refractivity contribution in [1.29, 1.82) is 0 Å². The molecule has 1 aromatic rings. The average molecular weight is 493 g/mol. The van der Waals surface area contributed by atoms with Crippen LogP contribution in [0.1, 0.15) is 31.9 Å². The van der Waals surface area contributed by atoms with Crippen LogP contribution < -0.4 is 0 Å². The van der Waals surface area contributed by atoms with E-state index in [0.29, 0.717) is 0 Å². The quantitative estimate of drug-likeness (QED) is 0.187. The third-order valence-electron chi connectivity index (χ3n) is 4.70. The fourth-order valence-corrected chi connectivity index (χ4v) is 3.31. The van der Waals surface area contributed by atoms with E-state index in [4.69, 9.17) is 23.7 Å². The number of benzene rings is 1. The highest BCUT2D eigenvalue weighted by atomic mass is 16.7. The van der Waals surface area contributed by atoms with Gasteiger partial charge in [0.05, 0.1) is 18.6 Å². The number of methoxy groups -OCH3 is 1. The number of carbonyl (C=O) groups excluding carboxylic acids is 4. The molecule has 1 aliphatic heterocycles. The number of nitro benzene ring substituents is 1. The first-order valence-corrected chi connectivity index (χ1v) is 10.1. The molecule has 1 heterocycles. The first-order chi connectivity index (χ1) is 16.5. The molecule has 13 heteroatoms. The van der Waals surface area contributed by atoms with Gasteiger partial charge < -0.3 is 28.8 Å². The Morgan fingerprint density at radius 2 is 1.60 bits per heavy atom. The van der Waals surface area contributed by atoms with Crippen molar-refractivity contribution in [3.8, 4) is 11.8 Å². The molecule has 1 aromatic carbocycles. The Kier molecular flexibility index (Phi) is 9.26. The molecule has 0 amide bonds. The number of non-ortho nitro benzene ring substituents is 1. The predicted molar refractivity (Wildman–Crippen MR) is 113 cm³/mol. The van der Waals surface area contributed by atoms with Gasteiger partial charge in [0, 0.05) is 38.5 Å². The van der Waals surface area contributed by atoms with E-state index in [0.717, 1.165) is 33.9 Å². The van der Waals surface area contributed by atoms with E-state index >= 15 is 0 Å². The molecule has 2 rings (SSSR count). The summed E-state index contributed by atoms with van der Waals surface area (Å²) in [4.78, 5) is 58.2. The van der Waals surface area contributed by atoms with Crippen molar-refractivity contribution >= 4 is 29.6 Å². The molecule has 0 bridgehead atoms. The summed E-state index contributed by atoms with van der Waals surface area (Å²) >= 11 is 0. The molecule has 0 aliphatic carbocycles. The minimum absolute atomic E-state index is 0.0626. The molecule has 1 fully saturated rings. The lowest BCUT2D eigenvalue weighted by Gasteiger charge is -2.42. The van der Waals surface area contributed by atoms with Crippen LogP contribution in [-0.2, 0) is 49.5 Å². The Hall–Kier alpha value is -4.02. The zero-order valence-electron chi connectivity index (χ0n) is 19.2. The SMILES string of the molecule is COC(=O)[C@H]1O[C@@H](C#Cc2cc([N+](=O)[O-])ccc2CO)[C@H](OC(C)=O)[C@@H](OC(C)=O)[C@@H]1OC(C)=O. The summed E-state index contributed by atoms with van der Waals surface area (Å²) in [6.07, 6.45) is -7.59. The fourth-order valence-electron chi connectivity index (χ4n) is 3.31. The molecule has 0 aromatic heterocycles. The van der Waals surface area contributed by atoms with E-state index in [1.165, 1.54) is 12.1 Å². The standard InChI is InChI=1S/C22H23NO12/c1-11(25)32-18-17(8-6-14-9-16(23(29)30)7-5-15(14)10-24)35-21(22(28)31-4)20(34-13(3)27)19(18)33-12(2)26/h5,7,9,17-21,24H,10H2,1-4H3/t17-,18-,19+,20-,21-/m0/s1. The number of aliphatic hydroxyl groups is 1. The summed E-state index contributed by atoms with van der Waals surface area (Å²) in [7, 11) is 1.05. The topological polar surface area (TPSA) is 178 Å². The van der Waals surface area contributed by atoms with Gasteiger partial charge in [-0.3, -0.25) is 24.5 Å². The van der Waals surface area contributed by atoms with E-state index in [1.807, 2.05) is 0 Å².